The smallest absolute Gasteiger partial charge is 0.314 e. The molecule has 0 unspecified atom stereocenters. The molecule has 4 nitrogen and oxygen atoms in total. The number of amides is 1. The summed E-state index contributed by atoms with van der Waals surface area (Å²) in [6, 6.07) is 19.1. The highest BCUT2D eigenvalue weighted by Crippen LogP contribution is 2.37. The Hall–Kier alpha value is -2.62. The SMILES string of the molecule is CC[C@H](C(=O)O[C@@H]1C(=O)N(c2ccccc2)CC1(C)C)c1ccccc1. The Morgan fingerprint density at radius 2 is 1.69 bits per heavy atom. The molecule has 1 heterocycles. The minimum absolute atomic E-state index is 0.155. The third-order valence-corrected chi connectivity index (χ3v) is 4.96. The Kier molecular flexibility index (Phi) is 5.12. The normalized spacial score (nSPS) is 20.0. The van der Waals surface area contributed by atoms with Crippen molar-refractivity contribution in [2.45, 2.75) is 39.2 Å². The fourth-order valence-corrected chi connectivity index (χ4v) is 3.50. The van der Waals surface area contributed by atoms with Gasteiger partial charge in [0.25, 0.3) is 5.91 Å². The predicted molar refractivity (Wildman–Crippen MR) is 102 cm³/mol. The van der Waals surface area contributed by atoms with E-state index in [0.717, 1.165) is 11.3 Å². The van der Waals surface area contributed by atoms with Gasteiger partial charge in [-0.1, -0.05) is 69.3 Å². The van der Waals surface area contributed by atoms with Crippen molar-refractivity contribution in [3.05, 3.63) is 66.2 Å². The third kappa shape index (κ3) is 3.50. The lowest BCUT2D eigenvalue weighted by molar-refractivity contribution is -0.160. The predicted octanol–water partition coefficient (Wildman–Crippen LogP) is 4.17. The van der Waals surface area contributed by atoms with Crippen LogP contribution in [0, 0.1) is 5.41 Å². The second-order valence-corrected chi connectivity index (χ2v) is 7.44. The Balaban J connectivity index is 1.80. The first kappa shape index (κ1) is 18.2. The molecular weight excluding hydrogens is 326 g/mol. The molecule has 1 fully saturated rings. The van der Waals surface area contributed by atoms with Crippen molar-refractivity contribution in [1.29, 1.82) is 0 Å². The highest BCUT2D eigenvalue weighted by molar-refractivity contribution is 6.01. The van der Waals surface area contributed by atoms with Gasteiger partial charge in [0.1, 0.15) is 0 Å². The Morgan fingerprint density at radius 1 is 1.12 bits per heavy atom. The van der Waals surface area contributed by atoms with Gasteiger partial charge in [-0.2, -0.15) is 0 Å². The molecule has 0 radical (unpaired) electrons. The van der Waals surface area contributed by atoms with Crippen molar-refractivity contribution in [1.82, 2.24) is 0 Å². The second kappa shape index (κ2) is 7.32. The van der Waals surface area contributed by atoms with E-state index < -0.39 is 11.5 Å². The number of carbonyl (C=O) groups excluding carboxylic acids is 2. The van der Waals surface area contributed by atoms with Crippen LogP contribution in [0.15, 0.2) is 60.7 Å². The Bertz CT molecular complexity index is 770. The summed E-state index contributed by atoms with van der Waals surface area (Å²) in [7, 11) is 0. The van der Waals surface area contributed by atoms with Crippen LogP contribution in [-0.2, 0) is 14.3 Å². The molecule has 3 rings (SSSR count). The lowest BCUT2D eigenvalue weighted by Crippen LogP contribution is -2.37. The van der Waals surface area contributed by atoms with Crippen LogP contribution < -0.4 is 4.90 Å². The lowest BCUT2D eigenvalue weighted by atomic mass is 9.89. The fourth-order valence-electron chi connectivity index (χ4n) is 3.50. The van der Waals surface area contributed by atoms with Crippen molar-refractivity contribution < 1.29 is 14.3 Å². The van der Waals surface area contributed by atoms with Crippen LogP contribution in [0.2, 0.25) is 0 Å². The highest BCUT2D eigenvalue weighted by Gasteiger charge is 2.49. The zero-order valence-electron chi connectivity index (χ0n) is 15.5. The Morgan fingerprint density at radius 3 is 2.27 bits per heavy atom. The van der Waals surface area contributed by atoms with E-state index in [9.17, 15) is 9.59 Å². The highest BCUT2D eigenvalue weighted by atomic mass is 16.6. The zero-order chi connectivity index (χ0) is 18.7. The van der Waals surface area contributed by atoms with Gasteiger partial charge < -0.3 is 9.64 Å². The average molecular weight is 351 g/mol. The molecule has 0 aromatic heterocycles. The maximum absolute atomic E-state index is 13.0. The van der Waals surface area contributed by atoms with Crippen LogP contribution in [0.25, 0.3) is 0 Å². The van der Waals surface area contributed by atoms with Gasteiger partial charge in [-0.15, -0.1) is 0 Å². The van der Waals surface area contributed by atoms with E-state index in [1.165, 1.54) is 0 Å². The van der Waals surface area contributed by atoms with Gasteiger partial charge >= 0.3 is 5.97 Å². The molecule has 1 amide bonds. The van der Waals surface area contributed by atoms with Crippen molar-refractivity contribution in [3.63, 3.8) is 0 Å². The summed E-state index contributed by atoms with van der Waals surface area (Å²) in [6.45, 7) is 6.41. The average Bonchev–Trinajstić information content (AvgIpc) is 2.87. The maximum atomic E-state index is 13.0. The molecule has 0 bridgehead atoms. The topological polar surface area (TPSA) is 46.6 Å². The molecule has 0 saturated carbocycles. The molecular formula is C22H25NO3. The number of hydrogen-bond donors (Lipinski definition) is 0. The van der Waals surface area contributed by atoms with E-state index in [4.69, 9.17) is 4.74 Å². The van der Waals surface area contributed by atoms with E-state index in [2.05, 4.69) is 0 Å². The summed E-state index contributed by atoms with van der Waals surface area (Å²) in [6.07, 6.45) is -0.139. The minimum Gasteiger partial charge on any atom is -0.451 e. The van der Waals surface area contributed by atoms with Crippen LogP contribution in [0.3, 0.4) is 0 Å². The summed E-state index contributed by atoms with van der Waals surface area (Å²) in [4.78, 5) is 27.5. The number of para-hydroxylation sites is 1. The van der Waals surface area contributed by atoms with Crippen molar-refractivity contribution in [3.8, 4) is 0 Å². The van der Waals surface area contributed by atoms with Gasteiger partial charge in [0.05, 0.1) is 5.92 Å². The summed E-state index contributed by atoms with van der Waals surface area (Å²) in [5, 5.41) is 0. The van der Waals surface area contributed by atoms with Crippen molar-refractivity contribution in [2.75, 3.05) is 11.4 Å². The molecule has 1 aliphatic rings. The van der Waals surface area contributed by atoms with E-state index in [1.54, 1.807) is 4.90 Å². The number of nitrogens with zero attached hydrogens (tertiary/aromatic N) is 1. The number of esters is 1. The zero-order valence-corrected chi connectivity index (χ0v) is 15.5. The number of ether oxygens (including phenoxy) is 1. The number of rotatable bonds is 5. The first-order valence-electron chi connectivity index (χ1n) is 9.06. The van der Waals surface area contributed by atoms with Gasteiger partial charge in [-0.05, 0) is 24.1 Å². The Labute approximate surface area is 154 Å². The summed E-state index contributed by atoms with van der Waals surface area (Å²) >= 11 is 0. The van der Waals surface area contributed by atoms with E-state index in [-0.39, 0.29) is 17.8 Å². The van der Waals surface area contributed by atoms with Crippen LogP contribution in [-0.4, -0.2) is 24.5 Å². The molecule has 26 heavy (non-hydrogen) atoms. The summed E-state index contributed by atoms with van der Waals surface area (Å²) < 4.78 is 5.77. The second-order valence-electron chi connectivity index (χ2n) is 7.44. The fraction of sp³-hybridized carbons (Fsp3) is 0.364. The number of anilines is 1. The number of benzene rings is 2. The van der Waals surface area contributed by atoms with E-state index in [0.29, 0.717) is 13.0 Å². The van der Waals surface area contributed by atoms with Crippen LogP contribution in [0.1, 0.15) is 38.7 Å². The quantitative estimate of drug-likeness (QED) is 0.760. The van der Waals surface area contributed by atoms with Gasteiger partial charge in [-0.25, -0.2) is 0 Å². The third-order valence-electron chi connectivity index (χ3n) is 4.96. The largest absolute Gasteiger partial charge is 0.451 e. The van der Waals surface area contributed by atoms with Crippen LogP contribution in [0.4, 0.5) is 5.69 Å². The van der Waals surface area contributed by atoms with Gasteiger partial charge in [0, 0.05) is 17.6 Å². The first-order chi connectivity index (χ1) is 12.4. The molecule has 0 N–H and O–H groups in total. The maximum Gasteiger partial charge on any atom is 0.314 e. The van der Waals surface area contributed by atoms with Gasteiger partial charge in [0.15, 0.2) is 6.10 Å². The van der Waals surface area contributed by atoms with Crippen molar-refractivity contribution >= 4 is 17.6 Å². The van der Waals surface area contributed by atoms with Gasteiger partial charge in [-0.3, -0.25) is 9.59 Å². The molecule has 0 aliphatic carbocycles. The first-order valence-corrected chi connectivity index (χ1v) is 9.06. The molecule has 4 heteroatoms. The lowest BCUT2D eigenvalue weighted by Gasteiger charge is -2.25. The van der Waals surface area contributed by atoms with Crippen molar-refractivity contribution in [2.24, 2.45) is 5.41 Å². The van der Waals surface area contributed by atoms with E-state index >= 15 is 0 Å². The number of hydrogen-bond acceptors (Lipinski definition) is 3. The molecule has 1 aliphatic heterocycles. The summed E-state index contributed by atoms with van der Waals surface area (Å²) in [5.41, 5.74) is 1.31. The molecule has 2 aromatic carbocycles. The monoisotopic (exact) mass is 351 g/mol. The summed E-state index contributed by atoms with van der Waals surface area (Å²) in [5.74, 6) is -0.844. The van der Waals surface area contributed by atoms with Gasteiger partial charge in [0.2, 0.25) is 0 Å². The molecule has 0 spiro atoms. The molecule has 2 atom stereocenters. The molecule has 136 valence electrons. The van der Waals surface area contributed by atoms with Crippen LogP contribution in [0.5, 0.6) is 0 Å². The molecule has 1 saturated heterocycles. The minimum atomic E-state index is -0.770. The number of carbonyl (C=O) groups is 2. The van der Waals surface area contributed by atoms with Crippen LogP contribution >= 0.6 is 0 Å². The molecule has 2 aromatic rings. The van der Waals surface area contributed by atoms with E-state index in [1.807, 2.05) is 81.4 Å². The standard InChI is InChI=1S/C22H25NO3/c1-4-18(16-11-7-5-8-12-16)21(25)26-19-20(24)23(15-22(19,2)3)17-13-9-6-10-14-17/h5-14,18-19H,4,15H2,1-3H3/t18-,19+/m0/s1.